The number of hydrogen-bond donors (Lipinski definition) is 9. The van der Waals surface area contributed by atoms with E-state index in [9.17, 15) is 68.8 Å². The van der Waals surface area contributed by atoms with Crippen molar-refractivity contribution >= 4 is 59.1 Å². The maximum Gasteiger partial charge on any atom is 0.259 e. The molecule has 26 heteroatoms. The first kappa shape index (κ1) is 56.2. The van der Waals surface area contributed by atoms with Gasteiger partial charge >= 0.3 is 0 Å². The number of nitrogens with two attached hydrogens (primary N) is 1. The maximum absolute atomic E-state index is 13.4. The third-order valence-electron chi connectivity index (χ3n) is 11.1. The van der Waals surface area contributed by atoms with Gasteiger partial charge in [0.25, 0.3) is 11.8 Å². The summed E-state index contributed by atoms with van der Waals surface area (Å²) < 4.78 is 0. The van der Waals surface area contributed by atoms with Crippen LogP contribution in [0.5, 0.6) is 0 Å². The fraction of sp³-hybridized carbons (Fsp3) is 0.737. The van der Waals surface area contributed by atoms with E-state index in [2.05, 4.69) is 21.3 Å². The standard InChI is InChI=1S/C38H63N11O14.Eu/c1-24(50)46(60)22-31(52)44-17-5-6-18-45(32(53)23-47(61)25(2)51)20-8-16-41-34(55)28-11-13-30(49(63)38(28)59)36(57)43-26(9-3-4-14-39)21-42-35(56)29-12-10-27(37(58)48(29)62)33(54)40-15-7-19-44;/h26-30,60-63H,3-23,39H2,1-2H3,(H,40,54)(H,41,55)(H,42,56)(H,43,57);/t26-,27?,28?,29?,30?;/m0./s1. The van der Waals surface area contributed by atoms with E-state index in [0.717, 1.165) is 13.8 Å². The van der Waals surface area contributed by atoms with Crippen molar-refractivity contribution in [2.45, 2.75) is 103 Å². The number of nitrogens with one attached hydrogen (secondary N) is 4. The molecule has 0 aromatic carbocycles. The van der Waals surface area contributed by atoms with Crippen LogP contribution < -0.4 is 27.0 Å². The van der Waals surface area contributed by atoms with Crippen LogP contribution in [0.4, 0.5) is 0 Å². The molecule has 64 heavy (non-hydrogen) atoms. The van der Waals surface area contributed by atoms with Crippen molar-refractivity contribution in [1.29, 1.82) is 0 Å². The van der Waals surface area contributed by atoms with E-state index in [4.69, 9.17) is 5.73 Å². The minimum Gasteiger partial charge on any atom is -0.355 e. The van der Waals surface area contributed by atoms with E-state index >= 15 is 0 Å². The normalized spacial score (nSPS) is 24.1. The number of carbonyl (C=O) groups excluding carboxylic acids is 10. The summed E-state index contributed by atoms with van der Waals surface area (Å²) in [6.07, 6.45) is 1.93. The molecule has 5 heterocycles. The number of nitrogens with zero attached hydrogens (tertiary/aromatic N) is 6. The average molecular weight is 1050 g/mol. The molecule has 5 rings (SSSR count). The number of hydrogen-bond acceptors (Lipinski definition) is 15. The van der Waals surface area contributed by atoms with Crippen molar-refractivity contribution in [3.05, 3.63) is 0 Å². The van der Waals surface area contributed by atoms with Gasteiger partial charge in [-0.1, -0.05) is 6.42 Å². The second-order valence-electron chi connectivity index (χ2n) is 15.8. The third kappa shape index (κ3) is 17.1. The number of unbranched alkanes of at least 4 members (excludes halogenated alkanes) is 1. The van der Waals surface area contributed by atoms with Gasteiger partial charge in [0, 0.05) is 115 Å². The first-order valence-electron chi connectivity index (χ1n) is 21.2. The maximum atomic E-state index is 13.4. The Kier molecular flexibility index (Phi) is 24.8. The molecule has 5 atom stereocenters. The Balaban J connectivity index is 0.0000141. The van der Waals surface area contributed by atoms with Crippen molar-refractivity contribution in [2.75, 3.05) is 65.4 Å². The van der Waals surface area contributed by atoms with Gasteiger partial charge in [-0.3, -0.25) is 68.8 Å². The molecule has 10 N–H and O–H groups in total. The van der Waals surface area contributed by atoms with Crippen molar-refractivity contribution in [3.63, 3.8) is 0 Å². The monoisotopic (exact) mass is 1050 g/mol. The van der Waals surface area contributed by atoms with E-state index in [1.807, 2.05) is 0 Å². The Bertz CT molecular complexity index is 1680. The molecule has 0 aliphatic carbocycles. The van der Waals surface area contributed by atoms with Crippen LogP contribution in [-0.4, -0.2) is 194 Å². The summed E-state index contributed by atoms with van der Waals surface area (Å²) in [7, 11) is 0. The molecule has 5 saturated heterocycles. The SMILES string of the molecule is CC(=O)N(O)CC(=O)N1CCCCN(C(=O)CN(O)C(C)=O)CCCNC(=O)C2CCC(C(=O)N[C@@H](CCCCN)CNC(=O)C3CCC(C(=O)NCCC1)C(=O)N3O)N(O)C2=O.[Eu]. The molecule has 5 aliphatic heterocycles. The Hall–Kier alpha value is -3.92. The zero-order chi connectivity index (χ0) is 46.8. The summed E-state index contributed by atoms with van der Waals surface area (Å²) in [6.45, 7) is 1.14. The van der Waals surface area contributed by atoms with E-state index in [0.29, 0.717) is 25.8 Å². The van der Waals surface area contributed by atoms with Crippen LogP contribution in [0.3, 0.4) is 0 Å². The zero-order valence-corrected chi connectivity index (χ0v) is 38.7. The van der Waals surface area contributed by atoms with Gasteiger partial charge in [0.05, 0.1) is 0 Å². The predicted molar refractivity (Wildman–Crippen MR) is 214 cm³/mol. The summed E-state index contributed by atoms with van der Waals surface area (Å²) in [6, 6.07) is -3.46. The average Bonchev–Trinajstić information content (AvgIpc) is 3.23. The first-order chi connectivity index (χ1) is 29.9. The van der Waals surface area contributed by atoms with Gasteiger partial charge in [-0.25, -0.2) is 20.3 Å². The molecular formula is C38H63EuN11O14. The number of fused-ring (bicyclic) bond motifs is 2. The van der Waals surface area contributed by atoms with Crippen LogP contribution in [0.15, 0.2) is 0 Å². The summed E-state index contributed by atoms with van der Waals surface area (Å²) in [5.74, 6) is -10.5. The van der Waals surface area contributed by atoms with E-state index < -0.39 is 102 Å². The molecular weight excluding hydrogens is 986 g/mol. The molecule has 5 fully saturated rings. The molecule has 0 spiro atoms. The van der Waals surface area contributed by atoms with Gasteiger partial charge in [0.1, 0.15) is 37.0 Å². The molecule has 0 saturated carbocycles. The van der Waals surface area contributed by atoms with Gasteiger partial charge in [0.2, 0.25) is 47.3 Å². The fourth-order valence-electron chi connectivity index (χ4n) is 7.35. The number of hydroxylamine groups is 8. The number of carbonyl (C=O) groups is 10. The van der Waals surface area contributed by atoms with E-state index in [-0.39, 0.29) is 167 Å². The topological polar surface area (TPSA) is 345 Å². The molecule has 1 radical (unpaired) electrons. The number of piperidine rings is 2. The molecule has 10 amide bonds. The summed E-state index contributed by atoms with van der Waals surface area (Å²) in [5, 5.41) is 52.8. The zero-order valence-electron chi connectivity index (χ0n) is 36.2. The molecule has 361 valence electrons. The number of amides is 10. The molecule has 0 aromatic heterocycles. The molecule has 4 unspecified atom stereocenters. The van der Waals surface area contributed by atoms with Crippen LogP contribution in [0.1, 0.15) is 84.5 Å². The van der Waals surface area contributed by atoms with Crippen molar-refractivity contribution < 1.29 is 118 Å². The van der Waals surface area contributed by atoms with Gasteiger partial charge in [0.15, 0.2) is 0 Å². The first-order valence-corrected chi connectivity index (χ1v) is 21.2. The van der Waals surface area contributed by atoms with Crippen molar-refractivity contribution in [3.8, 4) is 0 Å². The fourth-order valence-corrected chi connectivity index (χ4v) is 7.35. The smallest absolute Gasteiger partial charge is 0.259 e. The molecule has 5 aliphatic rings. The molecule has 4 bridgehead atoms. The minimum absolute atomic E-state index is 0. The van der Waals surface area contributed by atoms with Gasteiger partial charge in [-0.05, 0) is 70.8 Å². The second-order valence-corrected chi connectivity index (χ2v) is 15.8. The predicted octanol–water partition coefficient (Wildman–Crippen LogP) is -3.35. The second kappa shape index (κ2) is 28.2. The Labute approximate surface area is 411 Å². The summed E-state index contributed by atoms with van der Waals surface area (Å²) in [5.41, 5.74) is 5.64. The summed E-state index contributed by atoms with van der Waals surface area (Å²) >= 11 is 0. The van der Waals surface area contributed by atoms with Crippen LogP contribution >= 0.6 is 0 Å². The van der Waals surface area contributed by atoms with Crippen LogP contribution in [-0.2, 0) is 47.9 Å². The number of rotatable bonds is 8. The molecule has 25 nitrogen and oxygen atoms in total. The van der Waals surface area contributed by atoms with Crippen LogP contribution in [0.2, 0.25) is 0 Å². The van der Waals surface area contributed by atoms with Gasteiger partial charge in [-0.2, -0.15) is 0 Å². The van der Waals surface area contributed by atoms with E-state index in [1.54, 1.807) is 0 Å². The van der Waals surface area contributed by atoms with Crippen LogP contribution in [0, 0.1) is 61.2 Å². The largest absolute Gasteiger partial charge is 0.355 e. The van der Waals surface area contributed by atoms with E-state index in [1.165, 1.54) is 9.80 Å². The Morgan fingerprint density at radius 1 is 0.625 bits per heavy atom. The quantitative estimate of drug-likeness (QED) is 0.0497. The van der Waals surface area contributed by atoms with Crippen molar-refractivity contribution in [1.82, 2.24) is 51.3 Å². The Morgan fingerprint density at radius 2 is 1.05 bits per heavy atom. The third-order valence-corrected chi connectivity index (χ3v) is 11.1. The molecule has 0 aromatic rings. The Morgan fingerprint density at radius 3 is 1.47 bits per heavy atom. The van der Waals surface area contributed by atoms with Crippen molar-refractivity contribution in [2.24, 2.45) is 17.6 Å². The van der Waals surface area contributed by atoms with Gasteiger partial charge in [-0.15, -0.1) is 0 Å². The van der Waals surface area contributed by atoms with Crippen LogP contribution in [0.25, 0.3) is 0 Å². The summed E-state index contributed by atoms with van der Waals surface area (Å²) in [4.78, 5) is 131. The van der Waals surface area contributed by atoms with Gasteiger partial charge < -0.3 is 36.8 Å². The minimum atomic E-state index is -1.36.